The number of aromatic nitrogens is 4. The summed E-state index contributed by atoms with van der Waals surface area (Å²) in [7, 11) is 2.01. The first-order chi connectivity index (χ1) is 13.6. The van der Waals surface area contributed by atoms with Crippen molar-refractivity contribution in [2.45, 2.75) is 18.1 Å². The van der Waals surface area contributed by atoms with Gasteiger partial charge in [0.05, 0.1) is 5.69 Å². The van der Waals surface area contributed by atoms with Gasteiger partial charge in [0.1, 0.15) is 0 Å². The minimum absolute atomic E-state index is 0.143. The van der Waals surface area contributed by atoms with Crippen LogP contribution in [-0.4, -0.2) is 52.1 Å². The number of carbonyl (C=O) groups is 1. The highest BCUT2D eigenvalue weighted by atomic mass is 32.2. The van der Waals surface area contributed by atoms with Gasteiger partial charge in [-0.3, -0.25) is 0 Å². The van der Waals surface area contributed by atoms with Crippen LogP contribution < -0.4 is 15.5 Å². The summed E-state index contributed by atoms with van der Waals surface area (Å²) in [6.45, 7) is 2.58. The van der Waals surface area contributed by atoms with Crippen LogP contribution in [0.5, 0.6) is 0 Å². The van der Waals surface area contributed by atoms with Crippen LogP contribution in [0.25, 0.3) is 5.69 Å². The predicted molar refractivity (Wildman–Crippen MR) is 112 cm³/mol. The third-order valence-electron chi connectivity index (χ3n) is 4.35. The molecular weight excluding hydrogens is 374 g/mol. The molecule has 0 bridgehead atoms. The molecule has 0 spiro atoms. The van der Waals surface area contributed by atoms with E-state index < -0.39 is 0 Å². The number of para-hydroxylation sites is 1. The van der Waals surface area contributed by atoms with Crippen molar-refractivity contribution in [1.29, 1.82) is 0 Å². The van der Waals surface area contributed by atoms with Crippen LogP contribution in [0.15, 0.2) is 59.8 Å². The number of benzene rings is 2. The second-order valence-corrected chi connectivity index (χ2v) is 7.03. The van der Waals surface area contributed by atoms with Crippen molar-refractivity contribution >= 4 is 29.2 Å². The predicted octanol–water partition coefficient (Wildman–Crippen LogP) is 3.03. The summed E-state index contributed by atoms with van der Waals surface area (Å²) in [6, 6.07) is 17.3. The van der Waals surface area contributed by atoms with Gasteiger partial charge in [-0.1, -0.05) is 36.0 Å². The third-order valence-corrected chi connectivity index (χ3v) is 4.97. The summed E-state index contributed by atoms with van der Waals surface area (Å²) in [5.41, 5.74) is 2.56. The largest absolute Gasteiger partial charge is 0.370 e. The number of nitrogens with one attached hydrogen (secondary N) is 2. The van der Waals surface area contributed by atoms with Crippen LogP contribution in [0.3, 0.4) is 0 Å². The number of carbonyl (C=O) groups excluding carboxylic acids is 1. The molecule has 9 heteroatoms. The van der Waals surface area contributed by atoms with Gasteiger partial charge < -0.3 is 15.5 Å². The number of amides is 2. The van der Waals surface area contributed by atoms with Crippen molar-refractivity contribution in [3.8, 4) is 5.69 Å². The summed E-state index contributed by atoms with van der Waals surface area (Å²) >= 11 is 1.45. The number of tetrazole rings is 1. The molecule has 0 unspecified atom stereocenters. The number of nitrogens with zero attached hydrogens (tertiary/aromatic N) is 5. The Hall–Kier alpha value is -3.07. The minimum Gasteiger partial charge on any atom is -0.370 e. The van der Waals surface area contributed by atoms with Crippen LogP contribution in [-0.2, 0) is 0 Å². The number of likely N-dealkylation sites (N-methyl/N-ethyl adjacent to an activating group) is 1. The summed E-state index contributed by atoms with van der Waals surface area (Å²) in [4.78, 5) is 14.4. The highest BCUT2D eigenvalue weighted by molar-refractivity contribution is 7.98. The Balaban J connectivity index is 1.57. The molecule has 2 N–H and O–H groups in total. The minimum atomic E-state index is -0.257. The summed E-state index contributed by atoms with van der Waals surface area (Å²) < 4.78 is 1.63. The normalized spacial score (nSPS) is 11.7. The molecule has 1 atom stereocenters. The van der Waals surface area contributed by atoms with E-state index in [1.807, 2.05) is 67.9 Å². The summed E-state index contributed by atoms with van der Waals surface area (Å²) in [5.74, 6) is 0. The second kappa shape index (κ2) is 9.23. The first-order valence-electron chi connectivity index (χ1n) is 8.84. The van der Waals surface area contributed by atoms with E-state index in [0.29, 0.717) is 17.4 Å². The van der Waals surface area contributed by atoms with Gasteiger partial charge in [-0.05, 0) is 53.9 Å². The molecule has 0 saturated heterocycles. The topological polar surface area (TPSA) is 88.0 Å². The molecule has 1 aromatic heterocycles. The van der Waals surface area contributed by atoms with Gasteiger partial charge in [-0.15, -0.1) is 5.10 Å². The van der Waals surface area contributed by atoms with Crippen LogP contribution in [0.2, 0.25) is 0 Å². The quantitative estimate of drug-likeness (QED) is 0.596. The van der Waals surface area contributed by atoms with E-state index in [1.54, 1.807) is 4.68 Å². The average Bonchev–Trinajstić information content (AvgIpc) is 3.21. The van der Waals surface area contributed by atoms with Gasteiger partial charge in [-0.2, -0.15) is 4.68 Å². The molecule has 0 radical (unpaired) electrons. The van der Waals surface area contributed by atoms with Gasteiger partial charge in [-0.25, -0.2) is 4.79 Å². The molecule has 2 amide bonds. The van der Waals surface area contributed by atoms with E-state index in [4.69, 9.17) is 0 Å². The molecule has 146 valence electrons. The van der Waals surface area contributed by atoms with Gasteiger partial charge in [0.15, 0.2) is 0 Å². The van der Waals surface area contributed by atoms with Crippen molar-refractivity contribution in [2.75, 3.05) is 30.1 Å². The molecule has 0 fully saturated rings. The van der Waals surface area contributed by atoms with Gasteiger partial charge in [0.25, 0.3) is 0 Å². The number of hydrogen-bond donors (Lipinski definition) is 2. The fraction of sp³-hybridized carbons (Fsp3) is 0.263. The van der Waals surface area contributed by atoms with Gasteiger partial charge in [0, 0.05) is 31.0 Å². The van der Waals surface area contributed by atoms with Crippen molar-refractivity contribution in [2.24, 2.45) is 0 Å². The zero-order chi connectivity index (χ0) is 19.9. The molecule has 0 aliphatic heterocycles. The molecule has 2 aromatic carbocycles. The lowest BCUT2D eigenvalue weighted by Gasteiger charge is -2.27. The van der Waals surface area contributed by atoms with Crippen LogP contribution in [0, 0.1) is 0 Å². The van der Waals surface area contributed by atoms with Gasteiger partial charge >= 0.3 is 6.03 Å². The average molecular weight is 398 g/mol. The molecular formula is C19H23N7OS. The molecule has 3 aromatic rings. The van der Waals surface area contributed by atoms with Gasteiger partial charge in [0.2, 0.25) is 5.16 Å². The summed E-state index contributed by atoms with van der Waals surface area (Å²) in [5, 5.41) is 18.1. The number of rotatable bonds is 7. The maximum Gasteiger partial charge on any atom is 0.319 e. The molecule has 1 heterocycles. The van der Waals surface area contributed by atoms with E-state index in [2.05, 4.69) is 38.0 Å². The Bertz CT molecular complexity index is 915. The Morgan fingerprint density at radius 1 is 1.21 bits per heavy atom. The first kappa shape index (κ1) is 19.7. The smallest absolute Gasteiger partial charge is 0.319 e. The summed E-state index contributed by atoms with van der Waals surface area (Å²) in [6.07, 6.45) is 1.91. The number of anilines is 2. The highest BCUT2D eigenvalue weighted by Crippen LogP contribution is 2.18. The fourth-order valence-corrected chi connectivity index (χ4v) is 3.09. The Morgan fingerprint density at radius 2 is 2.00 bits per heavy atom. The van der Waals surface area contributed by atoms with E-state index in [1.165, 1.54) is 11.8 Å². The van der Waals surface area contributed by atoms with Crippen LogP contribution in [0.4, 0.5) is 16.2 Å². The standard InChI is InChI=1S/C19H23N7OS/c1-14(25(2)16-9-5-4-6-10-16)13-20-18(27)21-15-8-7-11-17(12-15)26-19(28-3)22-23-24-26/h4-12,14H,13H2,1-3H3,(H2,20,21,27)/t14-/m1/s1. The van der Waals surface area contributed by atoms with E-state index in [-0.39, 0.29) is 12.1 Å². The first-order valence-corrected chi connectivity index (χ1v) is 10.1. The lowest BCUT2D eigenvalue weighted by molar-refractivity contribution is 0.251. The van der Waals surface area contributed by atoms with Crippen LogP contribution in [0.1, 0.15) is 6.92 Å². The zero-order valence-corrected chi connectivity index (χ0v) is 16.8. The highest BCUT2D eigenvalue weighted by Gasteiger charge is 2.12. The molecule has 0 aliphatic rings. The lowest BCUT2D eigenvalue weighted by Crippen LogP contribution is -2.41. The van der Waals surface area contributed by atoms with E-state index >= 15 is 0 Å². The van der Waals surface area contributed by atoms with E-state index in [0.717, 1.165) is 11.4 Å². The van der Waals surface area contributed by atoms with E-state index in [9.17, 15) is 4.79 Å². The SMILES string of the molecule is CSc1nnnn1-c1cccc(NC(=O)NC[C@@H](C)N(C)c2ccccc2)c1. The Kier molecular flexibility index (Phi) is 6.49. The Labute approximate surface area is 168 Å². The maximum absolute atomic E-state index is 12.3. The third kappa shape index (κ3) is 4.80. The van der Waals surface area contributed by atoms with Crippen molar-refractivity contribution < 1.29 is 4.79 Å². The van der Waals surface area contributed by atoms with Crippen molar-refractivity contribution in [3.05, 3.63) is 54.6 Å². The Morgan fingerprint density at radius 3 is 2.75 bits per heavy atom. The molecule has 0 saturated carbocycles. The molecule has 0 aliphatic carbocycles. The van der Waals surface area contributed by atoms with Crippen LogP contribution >= 0.6 is 11.8 Å². The lowest BCUT2D eigenvalue weighted by atomic mass is 10.2. The maximum atomic E-state index is 12.3. The number of thioether (sulfide) groups is 1. The molecule has 3 rings (SSSR count). The second-order valence-electron chi connectivity index (χ2n) is 6.26. The number of urea groups is 1. The monoisotopic (exact) mass is 397 g/mol. The fourth-order valence-electron chi connectivity index (χ4n) is 2.65. The van der Waals surface area contributed by atoms with Crippen molar-refractivity contribution in [3.63, 3.8) is 0 Å². The number of hydrogen-bond acceptors (Lipinski definition) is 6. The molecule has 28 heavy (non-hydrogen) atoms. The van der Waals surface area contributed by atoms with Crippen molar-refractivity contribution in [1.82, 2.24) is 25.5 Å². The molecule has 8 nitrogen and oxygen atoms in total. The zero-order valence-electron chi connectivity index (χ0n) is 16.0.